The quantitative estimate of drug-likeness (QED) is 0.0548. The molecular formula is C50H43Cl2N12O6S4-. The number of carbonyl (C=O) groups is 2. The third-order valence-electron chi connectivity index (χ3n) is 11.3. The van der Waals surface area contributed by atoms with Gasteiger partial charge in [-0.05, 0) is 78.8 Å². The Morgan fingerprint density at radius 2 is 1.09 bits per heavy atom. The van der Waals surface area contributed by atoms with Gasteiger partial charge in [-0.25, -0.2) is 28.4 Å². The summed E-state index contributed by atoms with van der Waals surface area (Å²) in [5, 5.41) is 14.0. The molecule has 0 bridgehead atoms. The second kappa shape index (κ2) is 22.4. The lowest BCUT2D eigenvalue weighted by atomic mass is 10.00. The Hall–Kier alpha value is -7.44. The molecule has 0 saturated heterocycles. The number of amides is 2. The number of benzene rings is 4. The van der Waals surface area contributed by atoms with Gasteiger partial charge in [-0.15, -0.1) is 22.7 Å². The number of nitrogen functional groups attached to an aromatic ring is 3. The molecule has 0 fully saturated rings. The van der Waals surface area contributed by atoms with Crippen LogP contribution in [0.4, 0.5) is 34.4 Å². The van der Waals surface area contributed by atoms with E-state index >= 15 is 0 Å². The van der Waals surface area contributed by atoms with Crippen LogP contribution in [0.5, 0.6) is 0 Å². The van der Waals surface area contributed by atoms with Crippen molar-refractivity contribution < 1.29 is 26.8 Å². The summed E-state index contributed by atoms with van der Waals surface area (Å²) in [5.41, 5.74) is 27.3. The average Bonchev–Trinajstić information content (AvgIpc) is 4.00. The highest BCUT2D eigenvalue weighted by Gasteiger charge is 2.21. The molecule has 0 aliphatic heterocycles. The molecule has 378 valence electrons. The molecule has 6 heterocycles. The Morgan fingerprint density at radius 3 is 1.54 bits per heavy atom. The Kier molecular flexibility index (Phi) is 16.0. The standard InChI is InChI=1S/C25H21ClN6O3S2.C24H19ClN6OS.CH4O2S/c1-13-3-5-15-16(21(13)31-25(33)17-11-36-23-22(17)29-12-30-24(23)27)7-8-28-19(15)9-14-4-6-18(26)20(10-14)32-37(2,34)35;1-12-2-4-14-15(6-7-28-19(14)9-13-3-5-17(25)18(26)8-13)20(12)31-24(32)16-10-33-22-21(16)29-11-30-23(22)27;1-4(2)3/h3-8,10-12,32H,9H2,1-2H3,(H,31,33)(H2,27,29,30);2-8,10-11H,9,26H2,1H3,(H,31,32)(H2,27,29,30);1H3,(H,2,3)/p-1. The van der Waals surface area contributed by atoms with Crippen LogP contribution >= 0.6 is 45.9 Å². The van der Waals surface area contributed by atoms with Crippen LogP contribution in [0, 0.1) is 13.8 Å². The van der Waals surface area contributed by atoms with E-state index in [0.29, 0.717) is 83.1 Å². The highest BCUT2D eigenvalue weighted by atomic mass is 35.5. The molecule has 74 heavy (non-hydrogen) atoms. The molecule has 1 unspecified atom stereocenters. The van der Waals surface area contributed by atoms with E-state index in [2.05, 4.69) is 45.3 Å². The van der Waals surface area contributed by atoms with Crippen LogP contribution in [0.3, 0.4) is 0 Å². The topological polar surface area (TPSA) is 300 Å². The minimum Gasteiger partial charge on any atom is -0.773 e. The maximum atomic E-state index is 13.3. The predicted octanol–water partition coefficient (Wildman–Crippen LogP) is 9.70. The maximum absolute atomic E-state index is 13.3. The van der Waals surface area contributed by atoms with Crippen LogP contribution in [0.1, 0.15) is 54.4 Å². The van der Waals surface area contributed by atoms with E-state index in [1.54, 1.807) is 41.4 Å². The molecule has 10 aromatic rings. The zero-order valence-electron chi connectivity index (χ0n) is 39.6. The van der Waals surface area contributed by atoms with Gasteiger partial charge in [0.25, 0.3) is 11.8 Å². The highest BCUT2D eigenvalue weighted by Crippen LogP contribution is 2.35. The summed E-state index contributed by atoms with van der Waals surface area (Å²) in [6.45, 7) is 3.88. The van der Waals surface area contributed by atoms with Gasteiger partial charge in [0.1, 0.15) is 24.3 Å². The third-order valence-corrected chi connectivity index (χ3v) is 14.6. The number of pyridine rings is 2. The number of rotatable bonds is 10. The van der Waals surface area contributed by atoms with Crippen LogP contribution in [0.15, 0.2) is 109 Å². The summed E-state index contributed by atoms with van der Waals surface area (Å²) in [5.74, 6) is 0.151. The molecule has 0 saturated carbocycles. The molecule has 0 aliphatic rings. The number of hydrogen-bond acceptors (Lipinski definition) is 17. The van der Waals surface area contributed by atoms with Crippen molar-refractivity contribution in [2.75, 3.05) is 45.1 Å². The molecule has 2 amide bonds. The summed E-state index contributed by atoms with van der Waals surface area (Å²) >= 11 is 13.0. The number of halogens is 2. The summed E-state index contributed by atoms with van der Waals surface area (Å²) < 4.78 is 45.2. The molecule has 6 aromatic heterocycles. The van der Waals surface area contributed by atoms with E-state index in [9.17, 15) is 18.0 Å². The molecule has 24 heteroatoms. The predicted molar refractivity (Wildman–Crippen MR) is 299 cm³/mol. The number of hydrogen-bond donors (Lipinski definition) is 6. The number of fused-ring (bicyclic) bond motifs is 4. The Morgan fingerprint density at radius 1 is 0.649 bits per heavy atom. The van der Waals surface area contributed by atoms with Gasteiger partial charge in [0, 0.05) is 57.5 Å². The van der Waals surface area contributed by atoms with Crippen molar-refractivity contribution in [1.82, 2.24) is 29.9 Å². The molecule has 10 rings (SSSR count). The zero-order valence-corrected chi connectivity index (χ0v) is 44.3. The number of sulfonamides is 1. The number of nitrogens with zero attached hydrogens (tertiary/aromatic N) is 6. The number of carbonyl (C=O) groups excluding carboxylic acids is 2. The normalized spacial score (nSPS) is 11.7. The summed E-state index contributed by atoms with van der Waals surface area (Å²) in [7, 11) is -3.49. The fraction of sp³-hybridized carbons (Fsp3) is 0.120. The van der Waals surface area contributed by atoms with Gasteiger partial charge >= 0.3 is 0 Å². The Bertz CT molecular complexity index is 3970. The molecule has 9 N–H and O–H groups in total. The lowest BCUT2D eigenvalue weighted by Crippen LogP contribution is -2.13. The summed E-state index contributed by atoms with van der Waals surface area (Å²) in [6.07, 6.45) is 9.31. The van der Waals surface area contributed by atoms with Crippen LogP contribution < -0.4 is 32.6 Å². The van der Waals surface area contributed by atoms with Crippen molar-refractivity contribution in [2.45, 2.75) is 26.7 Å². The first-order valence-electron chi connectivity index (χ1n) is 21.9. The fourth-order valence-electron chi connectivity index (χ4n) is 7.94. The van der Waals surface area contributed by atoms with Crippen molar-refractivity contribution in [3.05, 3.63) is 163 Å². The SMILES string of the molecule is CS(=O)[O-].Cc1ccc2c(Cc3ccc(Cl)c(N)c3)nccc2c1NC(=O)c1csc2c(N)ncnc12.Cc1ccc2c(Cc3ccc(Cl)c(NS(C)(=O)=O)c3)nccc2c1NC(=O)c1csc2c(N)ncnc12. The van der Waals surface area contributed by atoms with Crippen molar-refractivity contribution >= 4 is 155 Å². The van der Waals surface area contributed by atoms with Crippen LogP contribution in [0.2, 0.25) is 10.0 Å². The third kappa shape index (κ3) is 12.0. The molecule has 4 aromatic carbocycles. The zero-order chi connectivity index (χ0) is 53.0. The van der Waals surface area contributed by atoms with E-state index in [1.807, 2.05) is 68.4 Å². The Balaban J connectivity index is 0.000000185. The maximum Gasteiger partial charge on any atom is 0.258 e. The minimum absolute atomic E-state index is 0.251. The molecule has 1 atom stereocenters. The lowest BCUT2D eigenvalue weighted by Gasteiger charge is -2.14. The van der Waals surface area contributed by atoms with Gasteiger partial charge in [0.15, 0.2) is 0 Å². The van der Waals surface area contributed by atoms with Gasteiger partial charge in [-0.3, -0.25) is 28.5 Å². The number of aryl methyl sites for hydroxylation is 2. The van der Waals surface area contributed by atoms with Gasteiger partial charge in [-0.2, -0.15) is 0 Å². The number of nitrogens with one attached hydrogen (secondary N) is 3. The number of nitrogens with two attached hydrogens (primary N) is 3. The van der Waals surface area contributed by atoms with Crippen LogP contribution in [-0.2, 0) is 33.9 Å². The lowest BCUT2D eigenvalue weighted by molar-refractivity contribution is 0.102. The molecule has 0 aliphatic carbocycles. The highest BCUT2D eigenvalue weighted by molar-refractivity contribution is 7.92. The first-order chi connectivity index (χ1) is 35.3. The van der Waals surface area contributed by atoms with E-state index < -0.39 is 21.1 Å². The second-order valence-corrected chi connectivity index (χ2v) is 21.7. The average molecular weight is 1110 g/mol. The first-order valence-corrected chi connectivity index (χ1v) is 27.8. The monoisotopic (exact) mass is 1110 g/mol. The fourth-order valence-corrected chi connectivity index (χ4v) is 10.6. The van der Waals surface area contributed by atoms with Crippen LogP contribution in [-0.4, -0.2) is 71.4 Å². The number of aromatic nitrogens is 6. The smallest absolute Gasteiger partial charge is 0.258 e. The molecule has 0 radical (unpaired) electrons. The van der Waals surface area contributed by atoms with Gasteiger partial charge < -0.3 is 32.4 Å². The summed E-state index contributed by atoms with van der Waals surface area (Å²) in [4.78, 5) is 52.1. The second-order valence-electron chi connectivity index (χ2n) is 16.6. The number of thiophene rings is 2. The van der Waals surface area contributed by atoms with E-state index in [4.69, 9.17) is 49.2 Å². The van der Waals surface area contributed by atoms with Gasteiger partial charge in [0.05, 0.1) is 82.0 Å². The molecule has 18 nitrogen and oxygen atoms in total. The largest absolute Gasteiger partial charge is 0.773 e. The van der Waals surface area contributed by atoms with E-state index in [0.717, 1.165) is 73.4 Å². The van der Waals surface area contributed by atoms with Crippen molar-refractivity contribution in [2.24, 2.45) is 0 Å². The molecular weight excluding hydrogens is 1060 g/mol. The first kappa shape index (κ1) is 52.9. The van der Waals surface area contributed by atoms with Crippen molar-refractivity contribution in [3.63, 3.8) is 0 Å². The van der Waals surface area contributed by atoms with Crippen molar-refractivity contribution in [3.8, 4) is 0 Å². The van der Waals surface area contributed by atoms with E-state index in [1.165, 1.54) is 35.3 Å². The minimum atomic E-state index is -3.49. The van der Waals surface area contributed by atoms with Crippen LogP contribution in [0.25, 0.3) is 42.0 Å². The molecule has 0 spiro atoms. The summed E-state index contributed by atoms with van der Waals surface area (Å²) in [6, 6.07) is 22.4. The van der Waals surface area contributed by atoms with E-state index in [-0.39, 0.29) is 11.8 Å². The number of anilines is 6. The Labute approximate surface area is 444 Å². The van der Waals surface area contributed by atoms with Gasteiger partial charge in [-0.1, -0.05) is 70.7 Å². The van der Waals surface area contributed by atoms with Gasteiger partial charge in [0.2, 0.25) is 10.0 Å². The van der Waals surface area contributed by atoms with Crippen molar-refractivity contribution in [1.29, 1.82) is 0 Å².